The van der Waals surface area contributed by atoms with Crippen LogP contribution < -0.4 is 10.6 Å². The number of hydrogen-bond acceptors (Lipinski definition) is 3. The number of nitrogens with zero attached hydrogens (tertiary/aromatic N) is 1. The number of piperazine rings is 1. The fourth-order valence-electron chi connectivity index (χ4n) is 2.37. The van der Waals surface area contributed by atoms with Crippen molar-refractivity contribution in [3.05, 3.63) is 28.2 Å². The third-order valence-corrected chi connectivity index (χ3v) is 4.40. The van der Waals surface area contributed by atoms with Crippen LogP contribution in [0.4, 0.5) is 5.69 Å². The number of nitrogens with one attached hydrogen (secondary N) is 2. The molecule has 1 fully saturated rings. The van der Waals surface area contributed by atoms with E-state index in [2.05, 4.69) is 31.5 Å². The molecule has 0 radical (unpaired) electrons. The van der Waals surface area contributed by atoms with E-state index in [4.69, 9.17) is 0 Å². The highest BCUT2D eigenvalue weighted by atomic mass is 79.9. The number of anilines is 1. The SMILES string of the molecule is Cc1ccc(Br)cc1NC(=O)C(C)(C)N1CCNCC1. The number of benzene rings is 1. The lowest BCUT2D eigenvalue weighted by atomic mass is 10.00. The number of carbonyl (C=O) groups is 1. The molecular formula is C15H22BrN3O. The fourth-order valence-corrected chi connectivity index (χ4v) is 2.73. The zero-order valence-electron chi connectivity index (χ0n) is 12.3. The van der Waals surface area contributed by atoms with E-state index in [1.54, 1.807) is 0 Å². The van der Waals surface area contributed by atoms with Crippen LogP contribution in [-0.2, 0) is 4.79 Å². The van der Waals surface area contributed by atoms with Gasteiger partial charge >= 0.3 is 0 Å². The van der Waals surface area contributed by atoms with Gasteiger partial charge in [-0.3, -0.25) is 9.69 Å². The van der Waals surface area contributed by atoms with Gasteiger partial charge in [0.1, 0.15) is 0 Å². The highest BCUT2D eigenvalue weighted by molar-refractivity contribution is 9.10. The molecule has 1 saturated heterocycles. The molecule has 2 rings (SSSR count). The first-order chi connectivity index (χ1) is 9.41. The topological polar surface area (TPSA) is 44.4 Å². The zero-order chi connectivity index (χ0) is 14.8. The van der Waals surface area contributed by atoms with Gasteiger partial charge in [0, 0.05) is 36.3 Å². The summed E-state index contributed by atoms with van der Waals surface area (Å²) in [4.78, 5) is 14.8. The molecule has 5 heteroatoms. The number of aryl methyl sites for hydroxylation is 1. The van der Waals surface area contributed by atoms with Gasteiger partial charge in [-0.05, 0) is 38.5 Å². The molecule has 1 aliphatic heterocycles. The largest absolute Gasteiger partial charge is 0.324 e. The van der Waals surface area contributed by atoms with Gasteiger partial charge in [-0.25, -0.2) is 0 Å². The van der Waals surface area contributed by atoms with Crippen LogP contribution in [-0.4, -0.2) is 42.5 Å². The first-order valence-electron chi connectivity index (χ1n) is 6.94. The molecule has 0 bridgehead atoms. The van der Waals surface area contributed by atoms with Crippen LogP contribution in [0.3, 0.4) is 0 Å². The highest BCUT2D eigenvalue weighted by Crippen LogP contribution is 2.23. The van der Waals surface area contributed by atoms with Crippen molar-refractivity contribution in [2.24, 2.45) is 0 Å². The summed E-state index contributed by atoms with van der Waals surface area (Å²) in [6.07, 6.45) is 0. The third-order valence-electron chi connectivity index (χ3n) is 3.91. The lowest BCUT2D eigenvalue weighted by molar-refractivity contribution is -0.126. The normalized spacial score (nSPS) is 17.0. The molecule has 4 nitrogen and oxygen atoms in total. The summed E-state index contributed by atoms with van der Waals surface area (Å²) in [6, 6.07) is 5.92. The van der Waals surface area contributed by atoms with Gasteiger partial charge < -0.3 is 10.6 Å². The van der Waals surface area contributed by atoms with E-state index in [1.165, 1.54) is 0 Å². The second-order valence-electron chi connectivity index (χ2n) is 5.71. The van der Waals surface area contributed by atoms with Gasteiger partial charge in [0.25, 0.3) is 0 Å². The van der Waals surface area contributed by atoms with Crippen molar-refractivity contribution >= 4 is 27.5 Å². The Balaban J connectivity index is 2.11. The predicted octanol–water partition coefficient (Wildman–Crippen LogP) is 2.38. The molecule has 0 aliphatic carbocycles. The second-order valence-corrected chi connectivity index (χ2v) is 6.63. The average Bonchev–Trinajstić information content (AvgIpc) is 2.43. The van der Waals surface area contributed by atoms with Crippen LogP contribution in [0.2, 0.25) is 0 Å². The lowest BCUT2D eigenvalue weighted by Gasteiger charge is -2.39. The molecule has 1 heterocycles. The van der Waals surface area contributed by atoms with E-state index in [-0.39, 0.29) is 5.91 Å². The Labute approximate surface area is 129 Å². The maximum absolute atomic E-state index is 12.6. The zero-order valence-corrected chi connectivity index (χ0v) is 13.9. The number of amides is 1. The number of halogens is 1. The summed E-state index contributed by atoms with van der Waals surface area (Å²) in [5, 5.41) is 6.37. The number of hydrogen-bond donors (Lipinski definition) is 2. The lowest BCUT2D eigenvalue weighted by Crippen LogP contribution is -2.58. The van der Waals surface area contributed by atoms with Crippen molar-refractivity contribution in [3.8, 4) is 0 Å². The summed E-state index contributed by atoms with van der Waals surface area (Å²) in [5.74, 6) is 0.0422. The Morgan fingerprint density at radius 3 is 2.65 bits per heavy atom. The van der Waals surface area contributed by atoms with Crippen LogP contribution in [0.25, 0.3) is 0 Å². The van der Waals surface area contributed by atoms with E-state index in [0.717, 1.165) is 41.9 Å². The summed E-state index contributed by atoms with van der Waals surface area (Å²) in [5.41, 5.74) is 1.43. The summed E-state index contributed by atoms with van der Waals surface area (Å²) < 4.78 is 0.971. The molecule has 110 valence electrons. The predicted molar refractivity (Wildman–Crippen MR) is 86.0 cm³/mol. The maximum Gasteiger partial charge on any atom is 0.244 e. The smallest absolute Gasteiger partial charge is 0.244 e. The first kappa shape index (κ1) is 15.5. The van der Waals surface area contributed by atoms with Crippen LogP contribution in [0.15, 0.2) is 22.7 Å². The van der Waals surface area contributed by atoms with Gasteiger partial charge in [-0.1, -0.05) is 22.0 Å². The molecule has 1 aromatic carbocycles. The van der Waals surface area contributed by atoms with Crippen molar-refractivity contribution in [2.75, 3.05) is 31.5 Å². The molecular weight excluding hydrogens is 318 g/mol. The molecule has 1 aliphatic rings. The monoisotopic (exact) mass is 339 g/mol. The molecule has 2 N–H and O–H groups in total. The van der Waals surface area contributed by atoms with E-state index < -0.39 is 5.54 Å². The van der Waals surface area contributed by atoms with Crippen molar-refractivity contribution in [1.82, 2.24) is 10.2 Å². The Morgan fingerprint density at radius 1 is 1.35 bits per heavy atom. The minimum absolute atomic E-state index is 0.0422. The third kappa shape index (κ3) is 3.40. The molecule has 1 amide bonds. The minimum Gasteiger partial charge on any atom is -0.324 e. The average molecular weight is 340 g/mol. The van der Waals surface area contributed by atoms with Gasteiger partial charge in [-0.2, -0.15) is 0 Å². The second kappa shape index (κ2) is 6.24. The summed E-state index contributed by atoms with van der Waals surface area (Å²) >= 11 is 3.44. The van der Waals surface area contributed by atoms with Crippen LogP contribution in [0.5, 0.6) is 0 Å². The Bertz CT molecular complexity index is 496. The van der Waals surface area contributed by atoms with Gasteiger partial charge in [0.15, 0.2) is 0 Å². The fraction of sp³-hybridized carbons (Fsp3) is 0.533. The van der Waals surface area contributed by atoms with Crippen LogP contribution >= 0.6 is 15.9 Å². The quantitative estimate of drug-likeness (QED) is 0.888. The van der Waals surface area contributed by atoms with Crippen LogP contribution in [0, 0.1) is 6.92 Å². The Kier molecular flexibility index (Phi) is 4.83. The van der Waals surface area contributed by atoms with E-state index in [0.29, 0.717) is 0 Å². The van der Waals surface area contributed by atoms with Gasteiger partial charge in [0.05, 0.1) is 5.54 Å². The molecule has 0 aromatic heterocycles. The van der Waals surface area contributed by atoms with Crippen LogP contribution in [0.1, 0.15) is 19.4 Å². The molecule has 0 unspecified atom stereocenters. The highest BCUT2D eigenvalue weighted by Gasteiger charge is 2.35. The molecule has 1 aromatic rings. The van der Waals surface area contributed by atoms with Crippen molar-refractivity contribution in [2.45, 2.75) is 26.3 Å². The van der Waals surface area contributed by atoms with Crippen molar-refractivity contribution in [1.29, 1.82) is 0 Å². The minimum atomic E-state index is -0.503. The Hall–Kier alpha value is -0.910. The number of carbonyl (C=O) groups excluding carboxylic acids is 1. The molecule has 0 atom stereocenters. The Morgan fingerprint density at radius 2 is 2.00 bits per heavy atom. The van der Waals surface area contributed by atoms with E-state index in [9.17, 15) is 4.79 Å². The molecule has 20 heavy (non-hydrogen) atoms. The van der Waals surface area contributed by atoms with Crippen molar-refractivity contribution < 1.29 is 4.79 Å². The summed E-state index contributed by atoms with van der Waals surface area (Å²) in [6.45, 7) is 9.65. The van der Waals surface area contributed by atoms with E-state index >= 15 is 0 Å². The molecule has 0 spiro atoms. The standard InChI is InChI=1S/C15H22BrN3O/c1-11-4-5-12(16)10-13(11)18-14(20)15(2,3)19-8-6-17-7-9-19/h4-5,10,17H,6-9H2,1-3H3,(H,18,20). The summed E-state index contributed by atoms with van der Waals surface area (Å²) in [7, 11) is 0. The van der Waals surface area contributed by atoms with E-state index in [1.807, 2.05) is 39.0 Å². The maximum atomic E-state index is 12.6. The van der Waals surface area contributed by atoms with Crippen molar-refractivity contribution in [3.63, 3.8) is 0 Å². The molecule has 0 saturated carbocycles. The van der Waals surface area contributed by atoms with Gasteiger partial charge in [-0.15, -0.1) is 0 Å². The first-order valence-corrected chi connectivity index (χ1v) is 7.74. The van der Waals surface area contributed by atoms with Gasteiger partial charge in [0.2, 0.25) is 5.91 Å². The number of rotatable bonds is 3.